The van der Waals surface area contributed by atoms with Gasteiger partial charge in [-0.2, -0.15) is 0 Å². The van der Waals surface area contributed by atoms with Crippen molar-refractivity contribution in [2.75, 3.05) is 19.8 Å². The van der Waals surface area contributed by atoms with Gasteiger partial charge in [-0.3, -0.25) is 4.79 Å². The van der Waals surface area contributed by atoms with Crippen LogP contribution in [-0.4, -0.2) is 65.7 Å². The number of terminal acetylenes is 1. The lowest BCUT2D eigenvalue weighted by atomic mass is 9.87. The fourth-order valence-corrected chi connectivity index (χ4v) is 7.56. The van der Waals surface area contributed by atoms with Gasteiger partial charge in [-0.05, 0) is 143 Å². The highest BCUT2D eigenvalue weighted by atomic mass is 28.4. The molecule has 1 rings (SSSR count). The van der Waals surface area contributed by atoms with Gasteiger partial charge in [0.15, 0.2) is 16.6 Å². The Labute approximate surface area is 359 Å². The molecule has 0 heterocycles. The quantitative estimate of drug-likeness (QED) is 0.123. The van der Waals surface area contributed by atoms with Gasteiger partial charge in [0.05, 0.1) is 37.9 Å². The number of aliphatic hydroxyl groups is 1. The van der Waals surface area contributed by atoms with Gasteiger partial charge in [0, 0.05) is 42.1 Å². The van der Waals surface area contributed by atoms with Crippen molar-refractivity contribution < 1.29 is 23.5 Å². The third kappa shape index (κ3) is 22.9. The van der Waals surface area contributed by atoms with E-state index in [1.807, 2.05) is 0 Å². The maximum absolute atomic E-state index is 13.2. The molecule has 2 N–H and O–H groups in total. The Morgan fingerprint density at radius 2 is 1.07 bits per heavy atom. The number of aliphatic hydroxyl groups excluding tert-OH is 1. The average Bonchev–Trinajstić information content (AvgIpc) is 3.17. The summed E-state index contributed by atoms with van der Waals surface area (Å²) in [5, 5.41) is 13.6. The number of carbonyl (C=O) groups is 1. The number of hydrogen-bond donors (Lipinski definition) is 2. The lowest BCUT2D eigenvalue weighted by molar-refractivity contribution is -0.123. The molecule has 0 bridgehead atoms. The maximum atomic E-state index is 13.2. The molecule has 3 atom stereocenters. The molecular formula is C51H57NO5Si2. The minimum absolute atomic E-state index is 0.0779. The van der Waals surface area contributed by atoms with Gasteiger partial charge in [0.25, 0.3) is 0 Å². The highest BCUT2D eigenvalue weighted by molar-refractivity contribution is 6.74. The summed E-state index contributed by atoms with van der Waals surface area (Å²) in [7, 11) is -4.75. The molecule has 0 unspecified atom stereocenters. The highest BCUT2D eigenvalue weighted by Crippen LogP contribution is 2.41. The zero-order valence-corrected chi connectivity index (χ0v) is 38.5. The van der Waals surface area contributed by atoms with Crippen LogP contribution in [0.3, 0.4) is 0 Å². The molecule has 0 radical (unpaired) electrons. The minimum atomic E-state index is -2.41. The third-order valence-corrected chi connectivity index (χ3v) is 19.1. The topological polar surface area (TPSA) is 77.0 Å². The smallest absolute Gasteiger partial charge is 0.232 e. The second-order valence-electron chi connectivity index (χ2n) is 16.6. The predicted molar refractivity (Wildman–Crippen MR) is 244 cm³/mol. The van der Waals surface area contributed by atoms with Crippen LogP contribution < -0.4 is 5.32 Å². The Morgan fingerprint density at radius 3 is 1.47 bits per heavy atom. The fourth-order valence-electron chi connectivity index (χ4n) is 4.90. The Kier molecular flexibility index (Phi) is 24.4. The predicted octanol–water partition coefficient (Wildman–Crippen LogP) is 6.29. The summed E-state index contributed by atoms with van der Waals surface area (Å²) < 4.78 is 20.4. The molecule has 0 spiro atoms. The van der Waals surface area contributed by atoms with Crippen LogP contribution in [0.1, 0.15) is 86.5 Å². The van der Waals surface area contributed by atoms with Crippen molar-refractivity contribution >= 4 is 22.5 Å². The van der Waals surface area contributed by atoms with E-state index in [1.54, 1.807) is 0 Å². The minimum Gasteiger partial charge on any atom is -0.409 e. The summed E-state index contributed by atoms with van der Waals surface area (Å²) in [5.41, 5.74) is 0. The molecule has 0 aromatic heterocycles. The fraction of sp³-hybridized carbons (Fsp3) is 0.510. The van der Waals surface area contributed by atoms with Crippen LogP contribution in [0.5, 0.6) is 0 Å². The molecule has 1 saturated carbocycles. The van der Waals surface area contributed by atoms with Gasteiger partial charge in [0.1, 0.15) is 0 Å². The molecule has 1 aliphatic carbocycles. The maximum Gasteiger partial charge on any atom is 0.232 e. The van der Waals surface area contributed by atoms with Crippen LogP contribution >= 0.6 is 0 Å². The van der Waals surface area contributed by atoms with E-state index in [0.29, 0.717) is 19.1 Å². The molecular weight excluding hydrogens is 763 g/mol. The number of hydrogen-bond acceptors (Lipinski definition) is 5. The summed E-state index contributed by atoms with van der Waals surface area (Å²) in [6.07, 6.45) is 11.1. The van der Waals surface area contributed by atoms with E-state index in [9.17, 15) is 9.90 Å². The lowest BCUT2D eigenvalue weighted by Gasteiger charge is -2.46. The number of rotatable bonds is 14. The van der Waals surface area contributed by atoms with E-state index in [1.165, 1.54) is 32.1 Å². The van der Waals surface area contributed by atoms with E-state index in [-0.39, 0.29) is 29.0 Å². The number of nitrogens with one attached hydrogen (secondary N) is 1. The van der Waals surface area contributed by atoms with Crippen molar-refractivity contribution in [3.05, 3.63) is 0 Å². The lowest BCUT2D eigenvalue weighted by Crippen LogP contribution is -2.60. The number of ether oxygens (including phenoxy) is 1. The van der Waals surface area contributed by atoms with E-state index in [0.717, 1.165) is 6.42 Å². The van der Waals surface area contributed by atoms with Crippen LogP contribution in [0.25, 0.3) is 0 Å². The van der Waals surface area contributed by atoms with Gasteiger partial charge in [-0.1, -0.05) is 79.6 Å². The SMILES string of the molecule is C#CC#CC#CC#CC#CC#CC#CC#CC#CC#CC#CC#CCC(=O)N[C@@H](CO)[C@H](O[Si](C)(C)C(C)(C)C)[C@@H](COCCC1CCCCC1)O[Si](C)(C)C(C)(C)C. The first-order chi connectivity index (χ1) is 27.9. The highest BCUT2D eigenvalue weighted by Gasteiger charge is 2.47. The molecule has 59 heavy (non-hydrogen) atoms. The number of carbonyl (C=O) groups excluding carboxylic acids is 1. The standard InChI is InChI=1S/C51H57NO5Si2/c1-12-13-14-15-16-17-18-19-20-21-22-23-24-25-26-27-28-29-30-31-32-33-37-40-48(54)52-46(43-53)49(57-59(10,11)51(5,6)7)47(56-58(8,9)50(2,3)4)44-55-42-41-45-38-35-34-36-39-45/h1,45-47,49,53H,34-36,38-44H2,2-11H3,(H,52,54)/t46-,47+,49-/m0/s1. The summed E-state index contributed by atoms with van der Waals surface area (Å²) in [6, 6.07) is -0.745. The molecule has 0 aromatic carbocycles. The molecule has 1 aliphatic rings. The molecule has 0 saturated heterocycles. The molecule has 8 heteroatoms. The van der Waals surface area contributed by atoms with Gasteiger partial charge in [-0.15, -0.1) is 6.42 Å². The summed E-state index contributed by atoms with van der Waals surface area (Å²) in [4.78, 5) is 13.2. The average molecular weight is 820 g/mol. The van der Waals surface area contributed by atoms with E-state index in [2.05, 4.69) is 209 Å². The van der Waals surface area contributed by atoms with Crippen LogP contribution in [-0.2, 0) is 18.4 Å². The van der Waals surface area contributed by atoms with Crippen molar-refractivity contribution in [1.29, 1.82) is 0 Å². The largest absolute Gasteiger partial charge is 0.409 e. The first kappa shape index (κ1) is 51.5. The van der Waals surface area contributed by atoms with Gasteiger partial charge < -0.3 is 24.0 Å². The normalized spacial score (nSPS) is 13.2. The Morgan fingerprint density at radius 1 is 0.661 bits per heavy atom. The molecule has 1 fully saturated rings. The van der Waals surface area contributed by atoms with Crippen LogP contribution in [0.15, 0.2) is 0 Å². The Bertz CT molecular complexity index is 2200. The summed E-state index contributed by atoms with van der Waals surface area (Å²) in [6.45, 7) is 22.4. The van der Waals surface area contributed by atoms with Crippen LogP contribution in [0.2, 0.25) is 36.3 Å². The monoisotopic (exact) mass is 819 g/mol. The van der Waals surface area contributed by atoms with Crippen molar-refractivity contribution in [3.8, 4) is 143 Å². The number of amides is 1. The third-order valence-electron chi connectivity index (χ3n) is 10.1. The first-order valence-corrected chi connectivity index (χ1v) is 25.5. The summed E-state index contributed by atoms with van der Waals surface area (Å²) >= 11 is 0. The zero-order chi connectivity index (χ0) is 44.0. The second-order valence-corrected chi connectivity index (χ2v) is 26.1. The molecule has 1 amide bonds. The van der Waals surface area contributed by atoms with Gasteiger partial charge >= 0.3 is 0 Å². The molecule has 6 nitrogen and oxygen atoms in total. The Balaban J connectivity index is 3.01. The molecule has 0 aromatic rings. The summed E-state index contributed by atoms with van der Waals surface area (Å²) in [5.74, 6) is 58.1. The van der Waals surface area contributed by atoms with Gasteiger partial charge in [0.2, 0.25) is 5.91 Å². The Hall–Kier alpha value is -5.54. The van der Waals surface area contributed by atoms with Crippen LogP contribution in [0, 0.1) is 149 Å². The second kappa shape index (κ2) is 28.0. The van der Waals surface area contributed by atoms with Gasteiger partial charge in [-0.25, -0.2) is 0 Å². The van der Waals surface area contributed by atoms with E-state index >= 15 is 0 Å². The van der Waals surface area contributed by atoms with Crippen molar-refractivity contribution in [2.24, 2.45) is 5.92 Å². The van der Waals surface area contributed by atoms with Crippen molar-refractivity contribution in [3.63, 3.8) is 0 Å². The molecule has 0 aliphatic heterocycles. The van der Waals surface area contributed by atoms with E-state index < -0.39 is 34.9 Å². The first-order valence-electron chi connectivity index (χ1n) is 19.7. The van der Waals surface area contributed by atoms with Crippen molar-refractivity contribution in [1.82, 2.24) is 5.32 Å². The van der Waals surface area contributed by atoms with E-state index in [4.69, 9.17) is 20.0 Å². The molecule has 304 valence electrons. The zero-order valence-electron chi connectivity index (χ0n) is 36.5. The van der Waals surface area contributed by atoms with Crippen molar-refractivity contribution in [2.45, 2.75) is 141 Å². The van der Waals surface area contributed by atoms with Crippen LogP contribution in [0.4, 0.5) is 0 Å².